The Morgan fingerprint density at radius 3 is 2.83 bits per heavy atom. The van der Waals surface area contributed by atoms with Crippen LogP contribution in [0.4, 0.5) is 0 Å². The number of carbonyl (C=O) groups excluding carboxylic acids is 1. The Balaban J connectivity index is 2.04. The number of esters is 1. The van der Waals surface area contributed by atoms with Gasteiger partial charge in [0.05, 0.1) is 6.42 Å². The predicted octanol–water partition coefficient (Wildman–Crippen LogP) is 2.22. The van der Waals surface area contributed by atoms with Crippen molar-refractivity contribution in [1.29, 1.82) is 0 Å². The van der Waals surface area contributed by atoms with Crippen LogP contribution < -0.4 is 5.32 Å². The minimum atomic E-state index is -0.410. The molecule has 98 valence electrons. The lowest BCUT2D eigenvalue weighted by molar-refractivity contribution is -0.153. The second-order valence-corrected chi connectivity index (χ2v) is 5.79. The Labute approximate surface area is 109 Å². The molecule has 1 aromatic carbocycles. The number of benzene rings is 1. The molecule has 0 atom stereocenters. The number of fused-ring (bicyclic) bond motifs is 1. The molecule has 3 nitrogen and oxygen atoms in total. The first-order valence-electron chi connectivity index (χ1n) is 6.47. The zero-order chi connectivity index (χ0) is 13.2. The highest BCUT2D eigenvalue weighted by atomic mass is 16.6. The maximum absolute atomic E-state index is 11.8. The van der Waals surface area contributed by atoms with E-state index < -0.39 is 5.60 Å². The lowest BCUT2D eigenvalue weighted by atomic mass is 9.97. The van der Waals surface area contributed by atoms with E-state index in [0.29, 0.717) is 6.42 Å². The molecule has 18 heavy (non-hydrogen) atoms. The summed E-state index contributed by atoms with van der Waals surface area (Å²) in [7, 11) is 0. The highest BCUT2D eigenvalue weighted by Gasteiger charge is 2.17. The molecule has 2 rings (SSSR count). The van der Waals surface area contributed by atoms with Crippen LogP contribution in [0.15, 0.2) is 18.2 Å². The third-order valence-corrected chi connectivity index (χ3v) is 2.93. The SMILES string of the molecule is CC(C)(C)OC(=O)Cc1ccc2c(c1)CNCC2. The first kappa shape index (κ1) is 13.1. The molecule has 1 aromatic rings. The highest BCUT2D eigenvalue weighted by Crippen LogP contribution is 2.17. The van der Waals surface area contributed by atoms with Crippen molar-refractivity contribution in [3.63, 3.8) is 0 Å². The zero-order valence-corrected chi connectivity index (χ0v) is 11.4. The summed E-state index contributed by atoms with van der Waals surface area (Å²) in [5.41, 5.74) is 3.32. The fraction of sp³-hybridized carbons (Fsp3) is 0.533. The van der Waals surface area contributed by atoms with Crippen LogP contribution in [0.2, 0.25) is 0 Å². The topological polar surface area (TPSA) is 38.3 Å². The molecule has 1 aliphatic heterocycles. The second-order valence-electron chi connectivity index (χ2n) is 5.79. The van der Waals surface area contributed by atoms with Crippen LogP contribution in [-0.4, -0.2) is 18.1 Å². The van der Waals surface area contributed by atoms with E-state index in [0.717, 1.165) is 25.1 Å². The maximum atomic E-state index is 11.8. The fourth-order valence-corrected chi connectivity index (χ4v) is 2.19. The number of rotatable bonds is 2. The van der Waals surface area contributed by atoms with E-state index in [1.54, 1.807) is 0 Å². The fourth-order valence-electron chi connectivity index (χ4n) is 2.19. The average molecular weight is 247 g/mol. The largest absolute Gasteiger partial charge is 0.460 e. The van der Waals surface area contributed by atoms with Crippen LogP contribution in [0.1, 0.15) is 37.5 Å². The zero-order valence-electron chi connectivity index (χ0n) is 11.4. The first-order chi connectivity index (χ1) is 8.44. The molecule has 0 unspecified atom stereocenters. The normalized spacial score (nSPS) is 15.1. The summed E-state index contributed by atoms with van der Waals surface area (Å²) in [4.78, 5) is 11.8. The van der Waals surface area contributed by atoms with E-state index in [-0.39, 0.29) is 5.97 Å². The minimum absolute atomic E-state index is 0.161. The summed E-state index contributed by atoms with van der Waals surface area (Å²) in [5.74, 6) is -0.161. The van der Waals surface area contributed by atoms with Gasteiger partial charge in [-0.25, -0.2) is 0 Å². The van der Waals surface area contributed by atoms with Gasteiger partial charge in [0.2, 0.25) is 0 Å². The molecule has 0 aromatic heterocycles. The molecular weight excluding hydrogens is 226 g/mol. The van der Waals surface area contributed by atoms with Crippen molar-refractivity contribution in [3.8, 4) is 0 Å². The molecule has 0 bridgehead atoms. The number of nitrogens with one attached hydrogen (secondary N) is 1. The molecule has 0 radical (unpaired) electrons. The van der Waals surface area contributed by atoms with Gasteiger partial charge in [-0.2, -0.15) is 0 Å². The summed E-state index contributed by atoms with van der Waals surface area (Å²) < 4.78 is 5.33. The van der Waals surface area contributed by atoms with E-state index in [1.165, 1.54) is 11.1 Å². The summed E-state index contributed by atoms with van der Waals surface area (Å²) in [6.07, 6.45) is 1.42. The van der Waals surface area contributed by atoms with Crippen molar-refractivity contribution in [3.05, 3.63) is 34.9 Å². The molecule has 0 amide bonds. The number of carbonyl (C=O) groups is 1. The maximum Gasteiger partial charge on any atom is 0.310 e. The lowest BCUT2D eigenvalue weighted by Gasteiger charge is -2.20. The molecule has 0 spiro atoms. The van der Waals surface area contributed by atoms with Crippen molar-refractivity contribution >= 4 is 5.97 Å². The molecule has 0 fully saturated rings. The van der Waals surface area contributed by atoms with Crippen molar-refractivity contribution in [2.75, 3.05) is 6.54 Å². The Hall–Kier alpha value is -1.35. The first-order valence-corrected chi connectivity index (χ1v) is 6.47. The molecule has 3 heteroatoms. The summed E-state index contributed by atoms with van der Waals surface area (Å²) in [6, 6.07) is 6.29. The third-order valence-electron chi connectivity index (χ3n) is 2.93. The van der Waals surface area contributed by atoms with Crippen molar-refractivity contribution in [2.45, 2.75) is 45.8 Å². The third kappa shape index (κ3) is 3.57. The highest BCUT2D eigenvalue weighted by molar-refractivity contribution is 5.73. The average Bonchev–Trinajstić information content (AvgIpc) is 2.26. The molecular formula is C15H21NO2. The van der Waals surface area contributed by atoms with Gasteiger partial charge in [0.1, 0.15) is 5.60 Å². The summed E-state index contributed by atoms with van der Waals surface area (Å²) >= 11 is 0. The van der Waals surface area contributed by atoms with E-state index in [4.69, 9.17) is 4.74 Å². The summed E-state index contributed by atoms with van der Waals surface area (Å²) in [6.45, 7) is 7.61. The van der Waals surface area contributed by atoms with Gasteiger partial charge in [-0.3, -0.25) is 4.79 Å². The number of ether oxygens (including phenoxy) is 1. The molecule has 1 N–H and O–H groups in total. The Bertz CT molecular complexity index is 446. The van der Waals surface area contributed by atoms with Crippen molar-refractivity contribution in [1.82, 2.24) is 5.32 Å². The van der Waals surface area contributed by atoms with Gasteiger partial charge >= 0.3 is 5.97 Å². The van der Waals surface area contributed by atoms with Gasteiger partial charge in [0.15, 0.2) is 0 Å². The minimum Gasteiger partial charge on any atom is -0.460 e. The number of hydrogen-bond acceptors (Lipinski definition) is 3. The summed E-state index contributed by atoms with van der Waals surface area (Å²) in [5, 5.41) is 3.34. The monoisotopic (exact) mass is 247 g/mol. The van der Waals surface area contributed by atoms with E-state index in [9.17, 15) is 4.79 Å². The van der Waals surface area contributed by atoms with Gasteiger partial charge < -0.3 is 10.1 Å². The van der Waals surface area contributed by atoms with Gasteiger partial charge in [-0.1, -0.05) is 18.2 Å². The molecule has 0 aliphatic carbocycles. The molecule has 1 heterocycles. The van der Waals surface area contributed by atoms with Crippen molar-refractivity contribution in [2.24, 2.45) is 0 Å². The quantitative estimate of drug-likeness (QED) is 0.814. The Morgan fingerprint density at radius 1 is 1.33 bits per heavy atom. The standard InChI is InChI=1S/C15H21NO2/c1-15(2,3)18-14(17)9-11-4-5-12-6-7-16-10-13(12)8-11/h4-5,8,16H,6-7,9-10H2,1-3H3. The molecule has 0 saturated heterocycles. The van der Waals surface area contributed by atoms with Gasteiger partial charge in [0.25, 0.3) is 0 Å². The van der Waals surface area contributed by atoms with Crippen LogP contribution >= 0.6 is 0 Å². The van der Waals surface area contributed by atoms with E-state index in [1.807, 2.05) is 26.8 Å². The van der Waals surface area contributed by atoms with E-state index in [2.05, 4.69) is 17.4 Å². The van der Waals surface area contributed by atoms with Gasteiger partial charge in [-0.05, 0) is 50.4 Å². The predicted molar refractivity (Wildman–Crippen MR) is 71.4 cm³/mol. The molecule has 0 saturated carbocycles. The van der Waals surface area contributed by atoms with Gasteiger partial charge in [-0.15, -0.1) is 0 Å². The van der Waals surface area contributed by atoms with Crippen LogP contribution in [0.5, 0.6) is 0 Å². The van der Waals surface area contributed by atoms with E-state index >= 15 is 0 Å². The van der Waals surface area contributed by atoms with Crippen LogP contribution in [0.25, 0.3) is 0 Å². The van der Waals surface area contributed by atoms with Crippen LogP contribution in [0.3, 0.4) is 0 Å². The number of hydrogen-bond donors (Lipinski definition) is 1. The molecule has 1 aliphatic rings. The Kier molecular flexibility index (Phi) is 3.71. The smallest absolute Gasteiger partial charge is 0.310 e. The Morgan fingerprint density at radius 2 is 2.11 bits per heavy atom. The lowest BCUT2D eigenvalue weighted by Crippen LogP contribution is -2.25. The van der Waals surface area contributed by atoms with Crippen LogP contribution in [0, 0.1) is 0 Å². The van der Waals surface area contributed by atoms with Gasteiger partial charge in [0, 0.05) is 6.54 Å². The van der Waals surface area contributed by atoms with Crippen molar-refractivity contribution < 1.29 is 9.53 Å². The van der Waals surface area contributed by atoms with Crippen LogP contribution in [-0.2, 0) is 28.9 Å². The second kappa shape index (κ2) is 5.11.